The molecule has 0 spiro atoms. The molecule has 4 rings (SSSR count). The minimum atomic E-state index is -3.11. The monoisotopic (exact) mass is 389 g/mol. The smallest absolute Gasteiger partial charge is 0.387 e. The van der Waals surface area contributed by atoms with E-state index in [0.717, 1.165) is 12.8 Å². The van der Waals surface area contributed by atoms with E-state index in [1.54, 1.807) is 12.1 Å². The van der Waals surface area contributed by atoms with Crippen LogP contribution in [0.1, 0.15) is 23.2 Å². The summed E-state index contributed by atoms with van der Waals surface area (Å²) >= 11 is 0. The van der Waals surface area contributed by atoms with Crippen LogP contribution in [0.5, 0.6) is 17.2 Å². The number of carbonyl (C=O) groups is 1. The summed E-state index contributed by atoms with van der Waals surface area (Å²) in [5.41, 5.74) is 1.41. The van der Waals surface area contributed by atoms with Crippen LogP contribution in [0.15, 0.2) is 41.0 Å². The summed E-state index contributed by atoms with van der Waals surface area (Å²) in [4.78, 5) is 12.6. The fourth-order valence-electron chi connectivity index (χ4n) is 3.04. The zero-order chi connectivity index (χ0) is 19.8. The van der Waals surface area contributed by atoms with E-state index in [2.05, 4.69) is 10.1 Å². The van der Waals surface area contributed by atoms with E-state index < -0.39 is 12.5 Å². The highest BCUT2D eigenvalue weighted by atomic mass is 19.3. The maximum absolute atomic E-state index is 13.0. The van der Waals surface area contributed by atoms with Crippen molar-refractivity contribution >= 4 is 16.9 Å². The summed E-state index contributed by atoms with van der Waals surface area (Å²) in [5.74, 6) is -0.654. The average Bonchev–Trinajstić information content (AvgIpc) is 3.36. The number of phenols is 1. The lowest BCUT2D eigenvalue weighted by Gasteiger charge is -2.16. The molecule has 0 radical (unpaired) electrons. The number of hydrogen-bond donors (Lipinski definition) is 2. The number of nitrogens with one attached hydrogen (secondary N) is 1. The molecule has 0 unspecified atom stereocenters. The standard InChI is InChI=1S/C20H17F2NO5/c1-26-16-6-10(14-9-27-15-8-12(24)4-5-13(14)15)7-17(28-20(21)22)18(16)19(25)23-11-2-3-11/h4-9,11,20,24H,2-3H2,1H3,(H,23,25). The molecule has 1 amide bonds. The molecular formula is C20H17F2NO5. The number of furan rings is 1. The van der Waals surface area contributed by atoms with Crippen LogP contribution < -0.4 is 14.8 Å². The van der Waals surface area contributed by atoms with E-state index in [-0.39, 0.29) is 28.9 Å². The average molecular weight is 389 g/mol. The summed E-state index contributed by atoms with van der Waals surface area (Å²) in [7, 11) is 1.35. The number of fused-ring (bicyclic) bond motifs is 1. The van der Waals surface area contributed by atoms with Crippen LogP contribution in [0.2, 0.25) is 0 Å². The van der Waals surface area contributed by atoms with Gasteiger partial charge in [-0.1, -0.05) is 0 Å². The summed E-state index contributed by atoms with van der Waals surface area (Å²) in [6.45, 7) is -3.11. The van der Waals surface area contributed by atoms with Gasteiger partial charge in [-0.25, -0.2) is 0 Å². The van der Waals surface area contributed by atoms with E-state index in [1.165, 1.54) is 31.6 Å². The van der Waals surface area contributed by atoms with Crippen LogP contribution in [-0.4, -0.2) is 30.8 Å². The summed E-state index contributed by atoms with van der Waals surface area (Å²) in [6, 6.07) is 7.56. The maximum Gasteiger partial charge on any atom is 0.387 e. The SMILES string of the molecule is COc1cc(-c2coc3cc(O)ccc23)cc(OC(F)F)c1C(=O)NC1CC1. The molecule has 0 aliphatic heterocycles. The second-order valence-electron chi connectivity index (χ2n) is 6.51. The number of amides is 1. The Hall–Kier alpha value is -3.29. The van der Waals surface area contributed by atoms with Gasteiger partial charge in [0.1, 0.15) is 28.4 Å². The molecule has 1 saturated carbocycles. The van der Waals surface area contributed by atoms with Crippen LogP contribution in [0.4, 0.5) is 8.78 Å². The van der Waals surface area contributed by atoms with Crippen molar-refractivity contribution in [1.82, 2.24) is 5.32 Å². The van der Waals surface area contributed by atoms with Crippen LogP contribution in [0, 0.1) is 0 Å². The lowest BCUT2D eigenvalue weighted by Crippen LogP contribution is -2.26. The Bertz CT molecular complexity index is 1040. The van der Waals surface area contributed by atoms with Crippen molar-refractivity contribution in [2.24, 2.45) is 0 Å². The third-order valence-corrected chi connectivity index (χ3v) is 4.51. The highest BCUT2D eigenvalue weighted by molar-refractivity contribution is 6.02. The Morgan fingerprint density at radius 3 is 2.68 bits per heavy atom. The van der Waals surface area contributed by atoms with Crippen LogP contribution in [0.25, 0.3) is 22.1 Å². The molecule has 0 atom stereocenters. The van der Waals surface area contributed by atoms with Crippen molar-refractivity contribution in [1.29, 1.82) is 0 Å². The first kappa shape index (κ1) is 18.1. The molecule has 8 heteroatoms. The van der Waals surface area contributed by atoms with Crippen molar-refractivity contribution < 1.29 is 32.6 Å². The van der Waals surface area contributed by atoms with Crippen molar-refractivity contribution in [3.8, 4) is 28.4 Å². The predicted octanol–water partition coefficient (Wildman–Crippen LogP) is 4.31. The molecule has 1 fully saturated rings. The molecule has 3 aromatic rings. The maximum atomic E-state index is 13.0. The van der Waals surface area contributed by atoms with Crippen molar-refractivity contribution in [3.63, 3.8) is 0 Å². The van der Waals surface area contributed by atoms with Gasteiger partial charge in [0.25, 0.3) is 5.91 Å². The fourth-order valence-corrected chi connectivity index (χ4v) is 3.04. The van der Waals surface area contributed by atoms with Gasteiger partial charge in [0, 0.05) is 23.1 Å². The minimum Gasteiger partial charge on any atom is -0.508 e. The van der Waals surface area contributed by atoms with Gasteiger partial charge in [-0.05, 0) is 42.7 Å². The molecule has 0 saturated heterocycles. The Balaban J connectivity index is 1.84. The van der Waals surface area contributed by atoms with Crippen molar-refractivity contribution in [2.75, 3.05) is 7.11 Å². The molecule has 1 aliphatic carbocycles. The van der Waals surface area contributed by atoms with E-state index in [1.807, 2.05) is 0 Å². The van der Waals surface area contributed by atoms with Gasteiger partial charge >= 0.3 is 6.61 Å². The second kappa shape index (κ2) is 7.03. The Kier molecular flexibility index (Phi) is 4.54. The number of alkyl halides is 2. The number of phenolic OH excluding ortho intramolecular Hbond substituents is 1. The third kappa shape index (κ3) is 3.45. The highest BCUT2D eigenvalue weighted by Crippen LogP contribution is 2.40. The van der Waals surface area contributed by atoms with E-state index in [4.69, 9.17) is 9.15 Å². The molecule has 1 heterocycles. The summed E-state index contributed by atoms with van der Waals surface area (Å²) in [6.07, 6.45) is 3.14. The molecule has 1 aliphatic rings. The zero-order valence-corrected chi connectivity index (χ0v) is 14.9. The van der Waals surface area contributed by atoms with Gasteiger partial charge in [-0.3, -0.25) is 4.79 Å². The van der Waals surface area contributed by atoms with E-state index in [0.29, 0.717) is 22.1 Å². The highest BCUT2D eigenvalue weighted by Gasteiger charge is 2.29. The first-order chi connectivity index (χ1) is 13.5. The number of ether oxygens (including phenoxy) is 2. The number of aromatic hydroxyl groups is 1. The van der Waals surface area contributed by atoms with Crippen LogP contribution in [0.3, 0.4) is 0 Å². The van der Waals surface area contributed by atoms with Gasteiger partial charge in [0.15, 0.2) is 0 Å². The minimum absolute atomic E-state index is 0.0415. The molecule has 28 heavy (non-hydrogen) atoms. The summed E-state index contributed by atoms with van der Waals surface area (Å²) < 4.78 is 41.4. The zero-order valence-electron chi connectivity index (χ0n) is 14.9. The summed E-state index contributed by atoms with van der Waals surface area (Å²) in [5, 5.41) is 13.0. The number of methoxy groups -OCH3 is 1. The molecule has 2 aromatic carbocycles. The van der Waals surface area contributed by atoms with Gasteiger partial charge in [0.05, 0.1) is 13.4 Å². The van der Waals surface area contributed by atoms with Crippen LogP contribution in [-0.2, 0) is 0 Å². The van der Waals surface area contributed by atoms with Gasteiger partial charge in [0.2, 0.25) is 0 Å². The van der Waals surface area contributed by atoms with Gasteiger partial charge in [-0.2, -0.15) is 8.78 Å². The number of halogens is 2. The molecular weight excluding hydrogens is 372 g/mol. The largest absolute Gasteiger partial charge is 0.508 e. The quantitative estimate of drug-likeness (QED) is 0.657. The Labute approximate surface area is 158 Å². The number of hydrogen-bond acceptors (Lipinski definition) is 5. The van der Waals surface area contributed by atoms with Gasteiger partial charge < -0.3 is 24.3 Å². The Morgan fingerprint density at radius 1 is 1.25 bits per heavy atom. The number of rotatable bonds is 6. The molecule has 6 nitrogen and oxygen atoms in total. The molecule has 146 valence electrons. The topological polar surface area (TPSA) is 80.9 Å². The predicted molar refractivity (Wildman–Crippen MR) is 97.0 cm³/mol. The van der Waals surface area contributed by atoms with E-state index in [9.17, 15) is 18.7 Å². The molecule has 2 N–H and O–H groups in total. The lowest BCUT2D eigenvalue weighted by molar-refractivity contribution is -0.0502. The first-order valence-corrected chi connectivity index (χ1v) is 8.64. The fraction of sp³-hybridized carbons (Fsp3) is 0.250. The second-order valence-corrected chi connectivity index (χ2v) is 6.51. The molecule has 1 aromatic heterocycles. The third-order valence-electron chi connectivity index (χ3n) is 4.51. The van der Waals surface area contributed by atoms with Crippen LogP contribution >= 0.6 is 0 Å². The van der Waals surface area contributed by atoms with Crippen molar-refractivity contribution in [2.45, 2.75) is 25.5 Å². The lowest BCUT2D eigenvalue weighted by atomic mass is 10.0. The Morgan fingerprint density at radius 2 is 2.00 bits per heavy atom. The van der Waals surface area contributed by atoms with Gasteiger partial charge in [-0.15, -0.1) is 0 Å². The molecule has 0 bridgehead atoms. The first-order valence-electron chi connectivity index (χ1n) is 8.64. The number of benzene rings is 2. The van der Waals surface area contributed by atoms with E-state index >= 15 is 0 Å². The number of carbonyl (C=O) groups excluding carboxylic acids is 1. The van der Waals surface area contributed by atoms with Crippen molar-refractivity contribution in [3.05, 3.63) is 42.2 Å². The normalized spacial score (nSPS) is 13.7.